The molecule has 0 aliphatic carbocycles. The van der Waals surface area contributed by atoms with Gasteiger partial charge in [0.25, 0.3) is 17.3 Å². The zero-order valence-electron chi connectivity index (χ0n) is 12.8. The molecule has 1 aromatic rings. The van der Waals surface area contributed by atoms with Gasteiger partial charge in [-0.25, -0.2) is 0 Å². The van der Waals surface area contributed by atoms with E-state index in [0.29, 0.717) is 19.4 Å². The maximum Gasteiger partial charge on any atom is 0.308 e. The number of benzene rings is 1. The normalized spacial score (nSPS) is 17.4. The number of carboxylic acids is 1. The van der Waals surface area contributed by atoms with E-state index in [9.17, 15) is 29.8 Å². The lowest BCUT2D eigenvalue weighted by atomic mass is 9.96. The molecular weight excluding hydrogens is 322 g/mol. The van der Waals surface area contributed by atoms with Crippen LogP contribution in [0.1, 0.15) is 28.8 Å². The van der Waals surface area contributed by atoms with Gasteiger partial charge in [-0.15, -0.1) is 0 Å². The molecule has 1 fully saturated rings. The van der Waals surface area contributed by atoms with Gasteiger partial charge in [0.1, 0.15) is 0 Å². The number of likely N-dealkylation sites (tertiary alicyclic amines) is 1. The molecule has 0 unspecified atom stereocenters. The first-order valence-electron chi connectivity index (χ1n) is 7.18. The minimum Gasteiger partial charge on any atom is -0.481 e. The summed E-state index contributed by atoms with van der Waals surface area (Å²) in [4.78, 5) is 45.4. The van der Waals surface area contributed by atoms with Gasteiger partial charge in [0.05, 0.1) is 27.4 Å². The molecule has 1 heterocycles. The topological polar surface area (TPSA) is 144 Å². The predicted octanol–water partition coefficient (Wildman–Crippen LogP) is 1.75. The van der Waals surface area contributed by atoms with Crippen molar-refractivity contribution in [2.75, 3.05) is 13.1 Å². The number of carboxylic acid groups (broad SMARTS) is 1. The fourth-order valence-corrected chi connectivity index (χ4v) is 2.73. The van der Waals surface area contributed by atoms with Crippen molar-refractivity contribution >= 4 is 23.3 Å². The Bertz CT molecular complexity index is 731. The number of nitrogens with zero attached hydrogens (tertiary/aromatic N) is 3. The lowest BCUT2D eigenvalue weighted by Crippen LogP contribution is -2.42. The number of nitro groups is 2. The van der Waals surface area contributed by atoms with Crippen molar-refractivity contribution in [1.29, 1.82) is 0 Å². The fourth-order valence-electron chi connectivity index (χ4n) is 2.73. The maximum atomic E-state index is 12.6. The van der Waals surface area contributed by atoms with Crippen LogP contribution in [0.5, 0.6) is 0 Å². The van der Waals surface area contributed by atoms with Gasteiger partial charge in [-0.1, -0.05) is 0 Å². The molecule has 0 aromatic heterocycles. The Morgan fingerprint density at radius 1 is 1.25 bits per heavy atom. The molecule has 10 nitrogen and oxygen atoms in total. The Balaban J connectivity index is 2.43. The highest BCUT2D eigenvalue weighted by molar-refractivity contribution is 5.97. The second-order valence-corrected chi connectivity index (χ2v) is 5.58. The monoisotopic (exact) mass is 337 g/mol. The molecule has 2 rings (SSSR count). The van der Waals surface area contributed by atoms with Crippen LogP contribution in [0.2, 0.25) is 0 Å². The zero-order valence-corrected chi connectivity index (χ0v) is 12.8. The SMILES string of the molecule is Cc1c(C(=O)N2CCC[C@H](C(=O)O)C2)cc([N+](=O)[O-])cc1[N+](=O)[O-]. The summed E-state index contributed by atoms with van der Waals surface area (Å²) in [5.74, 6) is -2.36. The van der Waals surface area contributed by atoms with Gasteiger partial charge in [-0.05, 0) is 19.8 Å². The number of amides is 1. The van der Waals surface area contributed by atoms with Crippen LogP contribution in [0.15, 0.2) is 12.1 Å². The Hall–Kier alpha value is -3.04. The largest absolute Gasteiger partial charge is 0.481 e. The van der Waals surface area contributed by atoms with Crippen molar-refractivity contribution in [2.45, 2.75) is 19.8 Å². The number of hydrogen-bond donors (Lipinski definition) is 1. The highest BCUT2D eigenvalue weighted by Crippen LogP contribution is 2.30. The van der Waals surface area contributed by atoms with Crippen LogP contribution >= 0.6 is 0 Å². The summed E-state index contributed by atoms with van der Waals surface area (Å²) in [6.07, 6.45) is 0.923. The van der Waals surface area contributed by atoms with Gasteiger partial charge < -0.3 is 10.0 Å². The van der Waals surface area contributed by atoms with Gasteiger partial charge in [0.2, 0.25) is 0 Å². The number of aliphatic carboxylic acids is 1. The van der Waals surface area contributed by atoms with E-state index < -0.39 is 39.0 Å². The molecule has 1 N–H and O–H groups in total. The lowest BCUT2D eigenvalue weighted by molar-refractivity contribution is -0.394. The van der Waals surface area contributed by atoms with Crippen LogP contribution in [0.3, 0.4) is 0 Å². The number of carbonyl (C=O) groups is 2. The van der Waals surface area contributed by atoms with Gasteiger partial charge in [0, 0.05) is 24.7 Å². The molecule has 0 radical (unpaired) electrons. The second kappa shape index (κ2) is 6.60. The van der Waals surface area contributed by atoms with Crippen molar-refractivity contribution in [2.24, 2.45) is 5.92 Å². The van der Waals surface area contributed by atoms with E-state index in [1.54, 1.807) is 0 Å². The molecule has 1 aromatic carbocycles. The zero-order chi connectivity index (χ0) is 18.0. The Morgan fingerprint density at radius 2 is 1.92 bits per heavy atom. The second-order valence-electron chi connectivity index (χ2n) is 5.58. The van der Waals surface area contributed by atoms with Crippen LogP contribution in [0, 0.1) is 33.1 Å². The van der Waals surface area contributed by atoms with Gasteiger partial charge >= 0.3 is 5.97 Å². The molecule has 1 atom stereocenters. The Morgan fingerprint density at radius 3 is 2.46 bits per heavy atom. The highest BCUT2D eigenvalue weighted by atomic mass is 16.6. The number of piperidine rings is 1. The quantitative estimate of drug-likeness (QED) is 0.650. The molecule has 1 amide bonds. The van der Waals surface area contributed by atoms with Crippen LogP contribution < -0.4 is 0 Å². The number of non-ortho nitro benzene ring substituents is 1. The maximum absolute atomic E-state index is 12.6. The first-order valence-corrected chi connectivity index (χ1v) is 7.18. The number of carbonyl (C=O) groups excluding carboxylic acids is 1. The summed E-state index contributed by atoms with van der Waals surface area (Å²) < 4.78 is 0. The summed E-state index contributed by atoms with van der Waals surface area (Å²) in [6, 6.07) is 1.80. The van der Waals surface area contributed by atoms with Crippen molar-refractivity contribution < 1.29 is 24.5 Å². The first kappa shape index (κ1) is 17.3. The molecule has 10 heteroatoms. The van der Waals surface area contributed by atoms with Gasteiger partial charge in [0.15, 0.2) is 0 Å². The third kappa shape index (κ3) is 3.31. The Kier molecular flexibility index (Phi) is 4.77. The summed E-state index contributed by atoms with van der Waals surface area (Å²) in [6.45, 7) is 1.62. The molecular formula is C14H15N3O7. The van der Waals surface area contributed by atoms with E-state index in [4.69, 9.17) is 5.11 Å². The van der Waals surface area contributed by atoms with Crippen LogP contribution in [0.4, 0.5) is 11.4 Å². The number of nitro benzene ring substituents is 2. The summed E-state index contributed by atoms with van der Waals surface area (Å²) in [5, 5.41) is 31.1. The van der Waals surface area contributed by atoms with Crippen molar-refractivity contribution in [3.05, 3.63) is 43.5 Å². The minimum atomic E-state index is -1.02. The van der Waals surface area contributed by atoms with E-state index in [2.05, 4.69) is 0 Å². The van der Waals surface area contributed by atoms with E-state index in [1.807, 2.05) is 0 Å². The molecule has 1 saturated heterocycles. The third-order valence-corrected chi connectivity index (χ3v) is 4.06. The summed E-state index contributed by atoms with van der Waals surface area (Å²) >= 11 is 0. The van der Waals surface area contributed by atoms with Gasteiger partial charge in [-0.2, -0.15) is 0 Å². The number of hydrogen-bond acceptors (Lipinski definition) is 6. The van der Waals surface area contributed by atoms with E-state index in [0.717, 1.165) is 12.1 Å². The fraction of sp³-hybridized carbons (Fsp3) is 0.429. The van der Waals surface area contributed by atoms with Gasteiger partial charge in [-0.3, -0.25) is 29.8 Å². The van der Waals surface area contributed by atoms with E-state index in [1.165, 1.54) is 11.8 Å². The summed E-state index contributed by atoms with van der Waals surface area (Å²) in [5.41, 5.74) is -1.20. The highest BCUT2D eigenvalue weighted by Gasteiger charge is 2.32. The molecule has 0 spiro atoms. The smallest absolute Gasteiger partial charge is 0.308 e. The third-order valence-electron chi connectivity index (χ3n) is 4.06. The molecule has 0 saturated carbocycles. The van der Waals surface area contributed by atoms with Crippen LogP contribution in [-0.2, 0) is 4.79 Å². The average Bonchev–Trinajstić information content (AvgIpc) is 2.54. The summed E-state index contributed by atoms with van der Waals surface area (Å²) in [7, 11) is 0. The Labute approximate surface area is 136 Å². The van der Waals surface area contributed by atoms with E-state index >= 15 is 0 Å². The molecule has 1 aliphatic heterocycles. The molecule has 1 aliphatic rings. The molecule has 24 heavy (non-hydrogen) atoms. The van der Waals surface area contributed by atoms with Crippen molar-refractivity contribution in [3.8, 4) is 0 Å². The average molecular weight is 337 g/mol. The van der Waals surface area contributed by atoms with Crippen molar-refractivity contribution in [1.82, 2.24) is 4.90 Å². The molecule has 128 valence electrons. The van der Waals surface area contributed by atoms with Crippen LogP contribution in [0.25, 0.3) is 0 Å². The molecule has 0 bridgehead atoms. The van der Waals surface area contributed by atoms with E-state index in [-0.39, 0.29) is 17.7 Å². The van der Waals surface area contributed by atoms with Crippen LogP contribution in [-0.4, -0.2) is 44.8 Å². The lowest BCUT2D eigenvalue weighted by Gasteiger charge is -2.31. The first-order chi connectivity index (χ1) is 11.2. The predicted molar refractivity (Wildman–Crippen MR) is 80.8 cm³/mol. The standard InChI is InChI=1S/C14H15N3O7/c1-8-11(5-10(16(21)22)6-12(8)17(23)24)13(18)15-4-2-3-9(7-15)14(19)20/h5-6,9H,2-4,7H2,1H3,(H,19,20)/t9-/m0/s1. The minimum absolute atomic E-state index is 0.0213. The number of rotatable bonds is 4. The van der Waals surface area contributed by atoms with Crippen molar-refractivity contribution in [3.63, 3.8) is 0 Å².